The van der Waals surface area contributed by atoms with E-state index in [1.165, 1.54) is 13.2 Å². The van der Waals surface area contributed by atoms with Crippen molar-refractivity contribution in [1.29, 1.82) is 0 Å². The van der Waals surface area contributed by atoms with E-state index < -0.39 is 17.7 Å². The Bertz CT molecular complexity index is 1120. The molecule has 2 atom stereocenters. The number of thiocarbonyl (C=S) groups is 1. The molecule has 0 aliphatic carbocycles. The number of benzene rings is 2. The molecule has 0 aliphatic heterocycles. The lowest BCUT2D eigenvalue weighted by Crippen LogP contribution is -2.21. The second-order valence-electron chi connectivity index (χ2n) is 7.71. The molecule has 3 aromatic rings. The van der Waals surface area contributed by atoms with E-state index in [-0.39, 0.29) is 11.7 Å². The Kier molecular flexibility index (Phi) is 6.27. The van der Waals surface area contributed by atoms with Crippen LogP contribution < -0.4 is 4.74 Å². The molecule has 1 heterocycles. The standard InChI is InChI=1S/C24H26FNO3S/c1-6-14(3)21(24(27)28)22-15(4)26(23(30)16-9-7-13(2)8-10-16)19-12-18(25)20(29-5)11-17(19)22/h7-12,14,21H,6H2,1-5H3,(H,27,28)/t14-,21?/m1/s1. The Hall–Kier alpha value is -2.73. The summed E-state index contributed by atoms with van der Waals surface area (Å²) in [5.41, 5.74) is 3.82. The molecular formula is C24H26FNO3S. The molecule has 1 aromatic heterocycles. The van der Waals surface area contributed by atoms with Crippen LogP contribution >= 0.6 is 12.2 Å². The number of halogens is 1. The summed E-state index contributed by atoms with van der Waals surface area (Å²) in [6.45, 7) is 7.72. The van der Waals surface area contributed by atoms with Crippen LogP contribution in [-0.4, -0.2) is 27.7 Å². The molecule has 0 saturated carbocycles. The van der Waals surface area contributed by atoms with Gasteiger partial charge in [-0.2, -0.15) is 0 Å². The topological polar surface area (TPSA) is 51.5 Å². The molecule has 0 bridgehead atoms. The molecule has 0 fully saturated rings. The summed E-state index contributed by atoms with van der Waals surface area (Å²) >= 11 is 5.77. The Morgan fingerprint density at radius 3 is 2.40 bits per heavy atom. The summed E-state index contributed by atoms with van der Waals surface area (Å²) in [5, 5.41) is 10.7. The van der Waals surface area contributed by atoms with Gasteiger partial charge in [-0.05, 0) is 31.4 Å². The zero-order valence-corrected chi connectivity index (χ0v) is 18.6. The molecule has 0 saturated heterocycles. The van der Waals surface area contributed by atoms with Crippen LogP contribution in [-0.2, 0) is 4.79 Å². The lowest BCUT2D eigenvalue weighted by molar-refractivity contribution is -0.140. The van der Waals surface area contributed by atoms with Crippen molar-refractivity contribution < 1.29 is 19.0 Å². The Balaban J connectivity index is 2.36. The van der Waals surface area contributed by atoms with Gasteiger partial charge in [0, 0.05) is 22.7 Å². The first-order valence-electron chi connectivity index (χ1n) is 9.93. The quantitative estimate of drug-likeness (QED) is 0.502. The molecule has 0 amide bonds. The Labute approximate surface area is 181 Å². The highest BCUT2D eigenvalue weighted by atomic mass is 32.1. The minimum Gasteiger partial charge on any atom is -0.494 e. The van der Waals surface area contributed by atoms with Crippen molar-refractivity contribution in [3.63, 3.8) is 0 Å². The largest absolute Gasteiger partial charge is 0.494 e. The Morgan fingerprint density at radius 2 is 1.87 bits per heavy atom. The maximum Gasteiger partial charge on any atom is 0.311 e. The number of aromatic nitrogens is 1. The van der Waals surface area contributed by atoms with Gasteiger partial charge in [-0.3, -0.25) is 4.79 Å². The van der Waals surface area contributed by atoms with Crippen LogP contribution in [0.2, 0.25) is 0 Å². The molecule has 158 valence electrons. The first-order chi connectivity index (χ1) is 14.2. The Morgan fingerprint density at radius 1 is 1.23 bits per heavy atom. The van der Waals surface area contributed by atoms with Gasteiger partial charge in [0.15, 0.2) is 11.6 Å². The van der Waals surface area contributed by atoms with Gasteiger partial charge in [-0.15, -0.1) is 0 Å². The van der Waals surface area contributed by atoms with Crippen LogP contribution in [0.15, 0.2) is 36.4 Å². The summed E-state index contributed by atoms with van der Waals surface area (Å²) in [6.07, 6.45) is 0.698. The van der Waals surface area contributed by atoms with E-state index >= 15 is 0 Å². The van der Waals surface area contributed by atoms with Crippen molar-refractivity contribution in [1.82, 2.24) is 4.57 Å². The second-order valence-corrected chi connectivity index (χ2v) is 8.10. The number of hydrogen-bond acceptors (Lipinski definition) is 3. The number of methoxy groups -OCH3 is 1. The summed E-state index contributed by atoms with van der Waals surface area (Å²) in [6, 6.07) is 10.7. The smallest absolute Gasteiger partial charge is 0.311 e. The van der Waals surface area contributed by atoms with E-state index in [0.29, 0.717) is 33.6 Å². The SMILES string of the molecule is CC[C@@H](C)C(C(=O)O)c1c(C)n(C(=S)c2ccc(C)cc2)c2cc(F)c(OC)cc12. The van der Waals surface area contributed by atoms with Crippen molar-refractivity contribution >= 4 is 34.1 Å². The highest BCUT2D eigenvalue weighted by Crippen LogP contribution is 2.39. The van der Waals surface area contributed by atoms with Gasteiger partial charge in [0.1, 0.15) is 4.99 Å². The van der Waals surface area contributed by atoms with Crippen molar-refractivity contribution in [3.05, 3.63) is 64.6 Å². The van der Waals surface area contributed by atoms with Crippen molar-refractivity contribution in [2.45, 2.75) is 40.0 Å². The second kappa shape index (κ2) is 8.56. The summed E-state index contributed by atoms with van der Waals surface area (Å²) in [7, 11) is 1.40. The molecule has 6 heteroatoms. The van der Waals surface area contributed by atoms with Crippen LogP contribution in [0.4, 0.5) is 4.39 Å². The van der Waals surface area contributed by atoms with Gasteiger partial charge in [0.25, 0.3) is 0 Å². The number of carboxylic acids is 1. The fraction of sp³-hybridized carbons (Fsp3) is 0.333. The number of rotatable bonds is 6. The van der Waals surface area contributed by atoms with Crippen molar-refractivity contribution in [3.8, 4) is 5.75 Å². The highest BCUT2D eigenvalue weighted by molar-refractivity contribution is 7.80. The zero-order chi connectivity index (χ0) is 22.2. The number of aliphatic carboxylic acids is 1. The molecule has 1 N–H and O–H groups in total. The maximum absolute atomic E-state index is 14.6. The van der Waals surface area contributed by atoms with Crippen LogP contribution in [0.1, 0.15) is 48.6 Å². The molecule has 0 spiro atoms. The van der Waals surface area contributed by atoms with Crippen LogP contribution in [0.5, 0.6) is 5.75 Å². The van der Waals surface area contributed by atoms with E-state index in [1.807, 2.05) is 52.0 Å². The number of hydrogen-bond donors (Lipinski definition) is 1. The van der Waals surface area contributed by atoms with Crippen molar-refractivity contribution in [2.24, 2.45) is 5.92 Å². The predicted molar refractivity (Wildman–Crippen MR) is 121 cm³/mol. The predicted octanol–water partition coefficient (Wildman–Crippen LogP) is 5.84. The van der Waals surface area contributed by atoms with E-state index in [9.17, 15) is 14.3 Å². The molecule has 2 aromatic carbocycles. The highest BCUT2D eigenvalue weighted by Gasteiger charge is 2.32. The fourth-order valence-electron chi connectivity index (χ4n) is 3.96. The average molecular weight is 428 g/mol. The normalized spacial score (nSPS) is 13.3. The van der Waals surface area contributed by atoms with Gasteiger partial charge in [-0.25, -0.2) is 4.39 Å². The maximum atomic E-state index is 14.6. The van der Waals surface area contributed by atoms with Gasteiger partial charge < -0.3 is 14.4 Å². The average Bonchev–Trinajstić information content (AvgIpc) is 2.98. The van der Waals surface area contributed by atoms with E-state index in [2.05, 4.69) is 0 Å². The lowest BCUT2D eigenvalue weighted by atomic mass is 9.84. The van der Waals surface area contributed by atoms with E-state index in [4.69, 9.17) is 17.0 Å². The number of carboxylic acid groups (broad SMARTS) is 1. The molecule has 30 heavy (non-hydrogen) atoms. The summed E-state index contributed by atoms with van der Waals surface area (Å²) in [4.78, 5) is 12.8. The van der Waals surface area contributed by atoms with Crippen LogP contribution in [0.3, 0.4) is 0 Å². The first-order valence-corrected chi connectivity index (χ1v) is 10.3. The number of ether oxygens (including phenoxy) is 1. The van der Waals surface area contributed by atoms with Crippen LogP contribution in [0, 0.1) is 25.6 Å². The summed E-state index contributed by atoms with van der Waals surface area (Å²) < 4.78 is 21.6. The molecule has 0 radical (unpaired) electrons. The molecule has 1 unspecified atom stereocenters. The van der Waals surface area contributed by atoms with Gasteiger partial charge in [-0.1, -0.05) is 62.3 Å². The third-order valence-electron chi connectivity index (χ3n) is 5.82. The monoisotopic (exact) mass is 427 g/mol. The number of nitrogens with zero attached hydrogens (tertiary/aromatic N) is 1. The summed E-state index contributed by atoms with van der Waals surface area (Å²) in [5.74, 6) is -2.19. The van der Waals surface area contributed by atoms with Crippen molar-refractivity contribution in [2.75, 3.05) is 7.11 Å². The molecule has 3 rings (SSSR count). The zero-order valence-electron chi connectivity index (χ0n) is 17.8. The molecule has 4 nitrogen and oxygen atoms in total. The van der Waals surface area contributed by atoms with Crippen LogP contribution in [0.25, 0.3) is 10.9 Å². The van der Waals surface area contributed by atoms with Gasteiger partial charge in [0.05, 0.1) is 18.5 Å². The fourth-order valence-corrected chi connectivity index (χ4v) is 4.33. The number of aryl methyl sites for hydroxylation is 1. The minimum atomic E-state index is -0.906. The van der Waals surface area contributed by atoms with Gasteiger partial charge >= 0.3 is 5.97 Å². The third-order valence-corrected chi connectivity index (χ3v) is 6.24. The molecular weight excluding hydrogens is 401 g/mol. The lowest BCUT2D eigenvalue weighted by Gasteiger charge is -2.20. The first kappa shape index (κ1) is 22.0. The third kappa shape index (κ3) is 3.72. The number of fused-ring (bicyclic) bond motifs is 1. The van der Waals surface area contributed by atoms with Gasteiger partial charge in [0.2, 0.25) is 0 Å². The minimum absolute atomic E-state index is 0.0791. The number of carbonyl (C=O) groups is 1. The van der Waals surface area contributed by atoms with E-state index in [0.717, 1.165) is 11.1 Å². The molecule has 0 aliphatic rings. The van der Waals surface area contributed by atoms with E-state index in [1.54, 1.807) is 10.6 Å².